The summed E-state index contributed by atoms with van der Waals surface area (Å²) in [6.45, 7) is 1.46. The number of urea groups is 1. The number of nitrogens with one attached hydrogen (secondary N) is 1. The topological polar surface area (TPSA) is 110 Å². The molecule has 0 spiro atoms. The van der Waals surface area contributed by atoms with Crippen molar-refractivity contribution in [3.05, 3.63) is 10.1 Å². The van der Waals surface area contributed by atoms with Gasteiger partial charge in [-0.15, -0.1) is 0 Å². The second-order valence-electron chi connectivity index (χ2n) is 2.56. The fraction of sp³-hybridized carbons (Fsp3) is 0.500. The third-order valence-corrected chi connectivity index (χ3v) is 1.75. The highest BCUT2D eigenvalue weighted by atomic mass is 16.6. The number of carbonyl (C=O) groups is 3. The van der Waals surface area contributed by atoms with E-state index in [0.29, 0.717) is 4.90 Å². The number of amides is 4. The van der Waals surface area contributed by atoms with E-state index in [-0.39, 0.29) is 6.54 Å². The molecule has 1 atom stereocenters. The van der Waals surface area contributed by atoms with Crippen LogP contribution < -0.4 is 5.32 Å². The molecule has 1 aliphatic rings. The Hall–Kier alpha value is -1.99. The van der Waals surface area contributed by atoms with Crippen LogP contribution in [-0.4, -0.2) is 40.3 Å². The molecule has 1 fully saturated rings. The fourth-order valence-electron chi connectivity index (χ4n) is 1.09. The maximum absolute atomic E-state index is 11.2. The van der Waals surface area contributed by atoms with Crippen LogP contribution in [0.1, 0.15) is 6.92 Å². The minimum Gasteiger partial charge on any atom is -0.271 e. The van der Waals surface area contributed by atoms with Gasteiger partial charge in [-0.1, -0.05) is 0 Å². The van der Waals surface area contributed by atoms with Crippen molar-refractivity contribution in [2.45, 2.75) is 13.0 Å². The highest BCUT2D eigenvalue weighted by molar-refractivity contribution is 6.17. The third kappa shape index (κ3) is 1.41. The van der Waals surface area contributed by atoms with Gasteiger partial charge in [0.05, 0.1) is 0 Å². The summed E-state index contributed by atoms with van der Waals surface area (Å²) in [6, 6.07) is -2.92. The summed E-state index contributed by atoms with van der Waals surface area (Å²) in [5.74, 6) is -2.28. The molecular formula is C6H7N3O5. The maximum atomic E-state index is 11.2. The Bertz CT molecular complexity index is 325. The van der Waals surface area contributed by atoms with E-state index in [0.717, 1.165) is 0 Å². The predicted molar refractivity (Wildman–Crippen MR) is 41.7 cm³/mol. The fourth-order valence-corrected chi connectivity index (χ4v) is 1.09. The molecule has 0 aliphatic carbocycles. The van der Waals surface area contributed by atoms with Crippen molar-refractivity contribution in [2.24, 2.45) is 0 Å². The van der Waals surface area contributed by atoms with Crippen LogP contribution in [0, 0.1) is 10.1 Å². The highest BCUT2D eigenvalue weighted by Crippen LogP contribution is 2.05. The molecule has 0 radical (unpaired) electrons. The highest BCUT2D eigenvalue weighted by Gasteiger charge is 2.48. The molecule has 8 heteroatoms. The standard InChI is InChI=1S/C6H7N3O5/c1-2-8-5(11)3(9(13)14)4(10)7-6(8)12/h3H,2H2,1H3,(H,7,10,12). The van der Waals surface area contributed by atoms with Gasteiger partial charge in [-0.25, -0.2) is 4.79 Å². The van der Waals surface area contributed by atoms with E-state index < -0.39 is 28.8 Å². The SMILES string of the molecule is CCN1C(=O)NC(=O)C([N+](=O)[O-])C1=O. The van der Waals surface area contributed by atoms with Crippen LogP contribution in [0.25, 0.3) is 0 Å². The Kier molecular flexibility index (Phi) is 2.45. The molecule has 1 aliphatic heterocycles. The van der Waals surface area contributed by atoms with Crippen LogP contribution in [0.4, 0.5) is 4.79 Å². The van der Waals surface area contributed by atoms with Gasteiger partial charge < -0.3 is 0 Å². The van der Waals surface area contributed by atoms with E-state index in [1.165, 1.54) is 6.92 Å². The predicted octanol–water partition coefficient (Wildman–Crippen LogP) is -1.27. The van der Waals surface area contributed by atoms with E-state index in [1.807, 2.05) is 0 Å². The van der Waals surface area contributed by atoms with Crippen molar-refractivity contribution in [3.8, 4) is 0 Å². The average Bonchev–Trinajstić information content (AvgIpc) is 2.02. The molecule has 1 saturated heterocycles. The summed E-state index contributed by atoms with van der Waals surface area (Å²) < 4.78 is 0. The first-order chi connectivity index (χ1) is 6.49. The van der Waals surface area contributed by atoms with E-state index in [9.17, 15) is 24.5 Å². The number of carbonyl (C=O) groups excluding carboxylic acids is 3. The first kappa shape index (κ1) is 10.1. The van der Waals surface area contributed by atoms with Gasteiger partial charge in [-0.2, -0.15) is 0 Å². The van der Waals surface area contributed by atoms with Crippen LogP contribution in [0.15, 0.2) is 0 Å². The molecule has 1 N–H and O–H groups in total. The first-order valence-electron chi connectivity index (χ1n) is 3.78. The van der Waals surface area contributed by atoms with Gasteiger partial charge in [-0.05, 0) is 6.92 Å². The molecule has 0 aromatic heterocycles. The minimum atomic E-state index is -2.01. The molecule has 0 aromatic carbocycles. The number of hydrogen-bond acceptors (Lipinski definition) is 5. The van der Waals surface area contributed by atoms with Crippen molar-refractivity contribution in [1.29, 1.82) is 0 Å². The zero-order valence-electron chi connectivity index (χ0n) is 7.22. The minimum absolute atomic E-state index is 0.0116. The van der Waals surface area contributed by atoms with E-state index in [2.05, 4.69) is 0 Å². The Morgan fingerprint density at radius 1 is 1.50 bits per heavy atom. The molecule has 8 nitrogen and oxygen atoms in total. The first-order valence-corrected chi connectivity index (χ1v) is 3.78. The van der Waals surface area contributed by atoms with Crippen molar-refractivity contribution >= 4 is 17.8 Å². The molecule has 0 aromatic rings. The molecule has 0 bridgehead atoms. The van der Waals surface area contributed by atoms with Crippen molar-refractivity contribution in [1.82, 2.24) is 10.2 Å². The van der Waals surface area contributed by atoms with Crippen LogP contribution >= 0.6 is 0 Å². The monoisotopic (exact) mass is 201 g/mol. The summed E-state index contributed by atoms with van der Waals surface area (Å²) in [4.78, 5) is 43.0. The van der Waals surface area contributed by atoms with Crippen molar-refractivity contribution < 1.29 is 19.3 Å². The molecule has 76 valence electrons. The van der Waals surface area contributed by atoms with Gasteiger partial charge in [-0.3, -0.25) is 29.9 Å². The second-order valence-corrected chi connectivity index (χ2v) is 2.56. The van der Waals surface area contributed by atoms with Gasteiger partial charge in [0, 0.05) is 11.5 Å². The number of imide groups is 2. The van der Waals surface area contributed by atoms with Crippen LogP contribution in [-0.2, 0) is 9.59 Å². The molecule has 4 amide bonds. The van der Waals surface area contributed by atoms with E-state index >= 15 is 0 Å². The second kappa shape index (κ2) is 3.40. The summed E-state index contributed by atoms with van der Waals surface area (Å²) in [5, 5.41) is 12.1. The molecule has 0 saturated carbocycles. The third-order valence-electron chi connectivity index (χ3n) is 1.75. The molecule has 1 unspecified atom stereocenters. The number of rotatable bonds is 2. The van der Waals surface area contributed by atoms with Gasteiger partial charge in [0.1, 0.15) is 0 Å². The summed E-state index contributed by atoms with van der Waals surface area (Å²) in [5.41, 5.74) is 0. The van der Waals surface area contributed by atoms with Crippen LogP contribution in [0.2, 0.25) is 0 Å². The number of barbiturate groups is 1. The smallest absolute Gasteiger partial charge is 0.271 e. The maximum Gasteiger partial charge on any atom is 0.367 e. The quantitative estimate of drug-likeness (QED) is 0.340. The zero-order valence-corrected chi connectivity index (χ0v) is 7.22. The molecule has 1 heterocycles. The zero-order chi connectivity index (χ0) is 10.9. The Morgan fingerprint density at radius 2 is 2.07 bits per heavy atom. The molecular weight excluding hydrogens is 194 g/mol. The largest absolute Gasteiger partial charge is 0.367 e. The number of likely N-dealkylation sites (N-methyl/N-ethyl adjacent to an activating group) is 1. The van der Waals surface area contributed by atoms with Crippen LogP contribution in [0.5, 0.6) is 0 Å². The lowest BCUT2D eigenvalue weighted by atomic mass is 10.2. The lowest BCUT2D eigenvalue weighted by Crippen LogP contribution is -2.62. The van der Waals surface area contributed by atoms with Gasteiger partial charge >= 0.3 is 23.9 Å². The van der Waals surface area contributed by atoms with Gasteiger partial charge in [0.15, 0.2) is 0 Å². The van der Waals surface area contributed by atoms with Crippen molar-refractivity contribution in [3.63, 3.8) is 0 Å². The Labute approximate surface area is 78.0 Å². The Morgan fingerprint density at radius 3 is 2.50 bits per heavy atom. The van der Waals surface area contributed by atoms with Gasteiger partial charge in [0.2, 0.25) is 0 Å². The molecule has 1 rings (SSSR count). The number of nitro groups is 1. The average molecular weight is 201 g/mol. The Balaban J connectivity index is 3.00. The molecule has 14 heavy (non-hydrogen) atoms. The lowest BCUT2D eigenvalue weighted by Gasteiger charge is -2.24. The van der Waals surface area contributed by atoms with E-state index in [1.54, 1.807) is 5.32 Å². The van der Waals surface area contributed by atoms with Crippen LogP contribution in [0.3, 0.4) is 0 Å². The lowest BCUT2D eigenvalue weighted by molar-refractivity contribution is -0.495. The number of nitrogens with zero attached hydrogens (tertiary/aromatic N) is 2. The van der Waals surface area contributed by atoms with Gasteiger partial charge in [0.25, 0.3) is 0 Å². The van der Waals surface area contributed by atoms with Crippen molar-refractivity contribution in [2.75, 3.05) is 6.54 Å². The normalized spacial score (nSPS) is 22.2. The summed E-state index contributed by atoms with van der Waals surface area (Å²) >= 11 is 0. The summed E-state index contributed by atoms with van der Waals surface area (Å²) in [7, 11) is 0. The number of hydrogen-bond donors (Lipinski definition) is 1. The van der Waals surface area contributed by atoms with E-state index in [4.69, 9.17) is 0 Å². The summed E-state index contributed by atoms with van der Waals surface area (Å²) in [6.07, 6.45) is 0.